The van der Waals surface area contributed by atoms with Crippen LogP contribution in [0.5, 0.6) is 0 Å². The van der Waals surface area contributed by atoms with Gasteiger partial charge in [-0.15, -0.1) is 0 Å². The molecule has 1 aliphatic carbocycles. The number of hydrogen-bond acceptors (Lipinski definition) is 4. The van der Waals surface area contributed by atoms with Crippen molar-refractivity contribution >= 4 is 17.3 Å². The summed E-state index contributed by atoms with van der Waals surface area (Å²) in [6.45, 7) is 3.28. The summed E-state index contributed by atoms with van der Waals surface area (Å²) in [6, 6.07) is 11.2. The molecule has 4 nitrogen and oxygen atoms in total. The molecule has 1 heterocycles. The Morgan fingerprint density at radius 1 is 0.962 bits per heavy atom. The van der Waals surface area contributed by atoms with E-state index in [4.69, 9.17) is 0 Å². The third-order valence-corrected chi connectivity index (χ3v) is 4.97. The monoisotopic (exact) mass is 350 g/mol. The van der Waals surface area contributed by atoms with Crippen LogP contribution in [0.15, 0.2) is 53.9 Å². The van der Waals surface area contributed by atoms with Gasteiger partial charge in [-0.2, -0.15) is 0 Å². The number of nitrogens with zero attached hydrogens (tertiary/aromatic N) is 1. The third-order valence-electron chi connectivity index (χ3n) is 4.97. The predicted octanol–water partition coefficient (Wildman–Crippen LogP) is 3.93. The quantitative estimate of drug-likeness (QED) is 0.911. The van der Waals surface area contributed by atoms with Crippen LogP contribution in [0.25, 0.3) is 0 Å². The summed E-state index contributed by atoms with van der Waals surface area (Å²) in [4.78, 5) is 28.3. The minimum absolute atomic E-state index is 0.135. The first-order chi connectivity index (χ1) is 12.6. The van der Waals surface area contributed by atoms with Gasteiger partial charge in [0, 0.05) is 29.9 Å². The number of benzene rings is 2. The van der Waals surface area contributed by atoms with Crippen LogP contribution >= 0.6 is 0 Å². The first-order valence-corrected chi connectivity index (χ1v) is 8.77. The summed E-state index contributed by atoms with van der Waals surface area (Å²) >= 11 is 0. The molecule has 2 aromatic rings. The van der Waals surface area contributed by atoms with Crippen LogP contribution in [0.2, 0.25) is 0 Å². The van der Waals surface area contributed by atoms with Crippen molar-refractivity contribution in [2.45, 2.75) is 19.8 Å². The van der Waals surface area contributed by atoms with E-state index in [0.717, 1.165) is 25.9 Å². The number of carbonyl (C=O) groups excluding carboxylic acids is 2. The number of nitrogens with one attached hydrogen (secondary N) is 1. The number of carbonyl (C=O) groups is 2. The summed E-state index contributed by atoms with van der Waals surface area (Å²) in [6.07, 6.45) is 1.99. The lowest BCUT2D eigenvalue weighted by Crippen LogP contribution is -2.35. The van der Waals surface area contributed by atoms with E-state index in [1.165, 1.54) is 12.1 Å². The zero-order chi connectivity index (χ0) is 18.3. The van der Waals surface area contributed by atoms with Crippen LogP contribution in [0.3, 0.4) is 0 Å². The Hall–Kier alpha value is -2.95. The van der Waals surface area contributed by atoms with Gasteiger partial charge in [0.2, 0.25) is 11.6 Å². The maximum absolute atomic E-state index is 13.4. The Morgan fingerprint density at radius 2 is 1.62 bits per heavy atom. The number of anilines is 1. The number of ketones is 2. The zero-order valence-electron chi connectivity index (χ0n) is 14.5. The maximum atomic E-state index is 13.4. The lowest BCUT2D eigenvalue weighted by molar-refractivity contribution is 0.0948. The van der Waals surface area contributed by atoms with Crippen molar-refractivity contribution in [3.63, 3.8) is 0 Å². The molecule has 0 spiro atoms. The first kappa shape index (κ1) is 16.5. The highest BCUT2D eigenvalue weighted by atomic mass is 19.1. The lowest BCUT2D eigenvalue weighted by Gasteiger charge is -2.28. The Morgan fingerprint density at radius 3 is 2.27 bits per heavy atom. The molecular formula is C21H19FN2O2. The van der Waals surface area contributed by atoms with E-state index in [1.807, 2.05) is 4.90 Å². The van der Waals surface area contributed by atoms with Gasteiger partial charge < -0.3 is 10.2 Å². The summed E-state index contributed by atoms with van der Waals surface area (Å²) < 4.78 is 13.4. The summed E-state index contributed by atoms with van der Waals surface area (Å²) in [7, 11) is 0. The van der Waals surface area contributed by atoms with Crippen LogP contribution in [-0.4, -0.2) is 29.6 Å². The summed E-state index contributed by atoms with van der Waals surface area (Å²) in [5, 5.41) is 3.13. The van der Waals surface area contributed by atoms with Crippen molar-refractivity contribution in [2.75, 3.05) is 18.4 Å². The Kier molecular flexibility index (Phi) is 4.07. The van der Waals surface area contributed by atoms with Gasteiger partial charge in [-0.1, -0.05) is 24.3 Å². The van der Waals surface area contributed by atoms with Crippen molar-refractivity contribution < 1.29 is 14.0 Å². The average molecular weight is 350 g/mol. The molecule has 0 radical (unpaired) electrons. The molecule has 0 amide bonds. The molecule has 0 bridgehead atoms. The Bertz CT molecular complexity index is 943. The number of likely N-dealkylation sites (tertiary alicyclic amines) is 1. The average Bonchev–Trinajstić information content (AvgIpc) is 3.16. The van der Waals surface area contributed by atoms with Gasteiger partial charge in [-0.05, 0) is 43.5 Å². The number of rotatable bonds is 3. The molecule has 0 saturated carbocycles. The number of halogens is 1. The van der Waals surface area contributed by atoms with E-state index in [-0.39, 0.29) is 23.1 Å². The molecule has 5 heteroatoms. The molecule has 0 atom stereocenters. The van der Waals surface area contributed by atoms with Gasteiger partial charge in [-0.25, -0.2) is 4.39 Å². The van der Waals surface area contributed by atoms with Crippen molar-refractivity contribution in [2.24, 2.45) is 0 Å². The maximum Gasteiger partial charge on any atom is 0.212 e. The Labute approximate surface area is 151 Å². The fourth-order valence-electron chi connectivity index (χ4n) is 3.62. The predicted molar refractivity (Wildman–Crippen MR) is 97.7 cm³/mol. The number of Topliss-reactive ketones (excluding diaryl/α,β-unsaturated/α-hetero) is 2. The van der Waals surface area contributed by atoms with Gasteiger partial charge >= 0.3 is 0 Å². The number of aryl methyl sites for hydroxylation is 1. The van der Waals surface area contributed by atoms with Crippen LogP contribution in [0.1, 0.15) is 39.1 Å². The molecule has 1 N–H and O–H groups in total. The topological polar surface area (TPSA) is 49.4 Å². The normalized spacial score (nSPS) is 16.9. The highest BCUT2D eigenvalue weighted by Crippen LogP contribution is 2.31. The van der Waals surface area contributed by atoms with Crippen molar-refractivity contribution in [3.05, 3.63) is 76.4 Å². The molecule has 1 aliphatic heterocycles. The fourth-order valence-corrected chi connectivity index (χ4v) is 3.62. The molecule has 1 fully saturated rings. The standard InChI is InChI=1S/C21H19FN2O2/c1-13-12-14(22)8-9-17(13)23-18-19(24-10-4-5-11-24)21(26)16-7-3-2-6-15(16)20(18)25/h2-3,6-9,12,23H,4-5,10-11H2,1H3. The van der Waals surface area contributed by atoms with Gasteiger partial charge in [0.05, 0.1) is 0 Å². The van der Waals surface area contributed by atoms with Crippen LogP contribution in [-0.2, 0) is 0 Å². The summed E-state index contributed by atoms with van der Waals surface area (Å²) in [5.41, 5.74) is 2.86. The van der Waals surface area contributed by atoms with Crippen LogP contribution < -0.4 is 5.32 Å². The third kappa shape index (κ3) is 2.69. The van der Waals surface area contributed by atoms with Gasteiger partial charge in [0.15, 0.2) is 0 Å². The van der Waals surface area contributed by atoms with E-state index < -0.39 is 0 Å². The second kappa shape index (κ2) is 6.41. The largest absolute Gasteiger partial charge is 0.367 e. The molecule has 0 aromatic heterocycles. The van der Waals surface area contributed by atoms with E-state index in [1.54, 1.807) is 37.3 Å². The number of allylic oxidation sites excluding steroid dienone is 2. The SMILES string of the molecule is Cc1cc(F)ccc1NC1=C(N2CCCC2)C(=O)c2ccccc2C1=O. The van der Waals surface area contributed by atoms with Crippen LogP contribution in [0.4, 0.5) is 10.1 Å². The molecule has 2 aliphatic rings. The second-order valence-corrected chi connectivity index (χ2v) is 6.71. The van der Waals surface area contributed by atoms with Gasteiger partial charge in [0.25, 0.3) is 0 Å². The lowest BCUT2D eigenvalue weighted by atomic mass is 9.89. The number of hydrogen-bond donors (Lipinski definition) is 1. The number of fused-ring (bicyclic) bond motifs is 1. The first-order valence-electron chi connectivity index (χ1n) is 8.77. The van der Waals surface area contributed by atoms with Crippen LogP contribution in [0, 0.1) is 12.7 Å². The molecule has 0 unspecified atom stereocenters. The van der Waals surface area contributed by atoms with E-state index in [9.17, 15) is 14.0 Å². The second-order valence-electron chi connectivity index (χ2n) is 6.71. The molecule has 26 heavy (non-hydrogen) atoms. The van der Waals surface area contributed by atoms with E-state index >= 15 is 0 Å². The van der Waals surface area contributed by atoms with Crippen molar-refractivity contribution in [3.8, 4) is 0 Å². The van der Waals surface area contributed by atoms with E-state index in [2.05, 4.69) is 5.32 Å². The highest BCUT2D eigenvalue weighted by molar-refractivity contribution is 6.27. The molecular weight excluding hydrogens is 331 g/mol. The zero-order valence-corrected chi connectivity index (χ0v) is 14.5. The Balaban J connectivity index is 1.84. The fraction of sp³-hybridized carbons (Fsp3) is 0.238. The summed E-state index contributed by atoms with van der Waals surface area (Å²) in [5.74, 6) is -0.673. The minimum Gasteiger partial charge on any atom is -0.367 e. The molecule has 2 aromatic carbocycles. The molecule has 132 valence electrons. The molecule has 4 rings (SSSR count). The van der Waals surface area contributed by atoms with Gasteiger partial charge in [0.1, 0.15) is 17.2 Å². The van der Waals surface area contributed by atoms with E-state index in [0.29, 0.717) is 28.1 Å². The van der Waals surface area contributed by atoms with Crippen molar-refractivity contribution in [1.82, 2.24) is 4.90 Å². The minimum atomic E-state index is -0.335. The van der Waals surface area contributed by atoms with Gasteiger partial charge in [-0.3, -0.25) is 9.59 Å². The molecule has 1 saturated heterocycles. The highest BCUT2D eigenvalue weighted by Gasteiger charge is 2.36. The smallest absolute Gasteiger partial charge is 0.212 e. The van der Waals surface area contributed by atoms with Crippen molar-refractivity contribution in [1.29, 1.82) is 0 Å².